The van der Waals surface area contributed by atoms with Crippen molar-refractivity contribution in [3.63, 3.8) is 0 Å². The fourth-order valence-electron chi connectivity index (χ4n) is 3.33. The van der Waals surface area contributed by atoms with Gasteiger partial charge in [-0.1, -0.05) is 0 Å². The average Bonchev–Trinajstić information content (AvgIpc) is 2.91. The highest BCUT2D eigenvalue weighted by Gasteiger charge is 2.42. The molecule has 0 N–H and O–H groups in total. The molecule has 0 aliphatic heterocycles. The molecule has 0 bridgehead atoms. The Morgan fingerprint density at radius 1 is 1.12 bits per heavy atom. The Kier molecular flexibility index (Phi) is 3.05. The van der Waals surface area contributed by atoms with Gasteiger partial charge in [-0.05, 0) is 38.5 Å². The number of hydrogen-bond acceptors (Lipinski definition) is 6. The van der Waals surface area contributed by atoms with Gasteiger partial charge in [0.1, 0.15) is 5.69 Å². The predicted octanol–water partition coefficient (Wildman–Crippen LogP) is 2.87. The monoisotopic (exact) mass is 351 g/mol. The quantitative estimate of drug-likeness (QED) is 0.567. The van der Waals surface area contributed by atoms with Gasteiger partial charge in [0.15, 0.2) is 11.5 Å². The molecule has 1 aliphatic carbocycles. The van der Waals surface area contributed by atoms with Gasteiger partial charge >= 0.3 is 0 Å². The van der Waals surface area contributed by atoms with Crippen molar-refractivity contribution in [3.8, 4) is 11.4 Å². The molecule has 25 heavy (non-hydrogen) atoms. The van der Waals surface area contributed by atoms with Gasteiger partial charge in [0.25, 0.3) is 0 Å². The molecule has 7 nitrogen and oxygen atoms in total. The van der Waals surface area contributed by atoms with E-state index in [0.29, 0.717) is 11.8 Å². The summed E-state index contributed by atoms with van der Waals surface area (Å²) in [5, 5.41) is 18.7. The lowest BCUT2D eigenvalue weighted by atomic mass is 10.2. The summed E-state index contributed by atoms with van der Waals surface area (Å²) in [4.78, 5) is 5.75. The zero-order valence-electron chi connectivity index (χ0n) is 14.2. The van der Waals surface area contributed by atoms with E-state index in [9.17, 15) is 0 Å². The van der Waals surface area contributed by atoms with Gasteiger partial charge in [-0.2, -0.15) is 14.7 Å². The Morgan fingerprint density at radius 2 is 2.00 bits per heavy atom. The van der Waals surface area contributed by atoms with Crippen LogP contribution in [0.4, 0.5) is 0 Å². The molecule has 5 rings (SSSR count). The summed E-state index contributed by atoms with van der Waals surface area (Å²) < 4.78 is 3.68. The zero-order valence-corrected chi connectivity index (χ0v) is 15.0. The van der Waals surface area contributed by atoms with Crippen LogP contribution in [0.3, 0.4) is 0 Å². The van der Waals surface area contributed by atoms with Crippen LogP contribution in [0.15, 0.2) is 24.4 Å². The molecule has 2 atom stereocenters. The van der Waals surface area contributed by atoms with Crippen LogP contribution in [-0.2, 0) is 7.05 Å². The number of aromatic nitrogens is 7. The van der Waals surface area contributed by atoms with Crippen LogP contribution >= 0.6 is 11.3 Å². The molecule has 4 aromatic heterocycles. The Hall–Kier alpha value is -2.61. The van der Waals surface area contributed by atoms with Gasteiger partial charge in [0.05, 0.1) is 16.4 Å². The summed E-state index contributed by atoms with van der Waals surface area (Å²) in [5.41, 5.74) is 3.78. The highest BCUT2D eigenvalue weighted by molar-refractivity contribution is 7.11. The largest absolute Gasteiger partial charge is 0.266 e. The molecule has 8 heteroatoms. The fourth-order valence-corrected chi connectivity index (χ4v) is 4.29. The van der Waals surface area contributed by atoms with Gasteiger partial charge < -0.3 is 0 Å². The van der Waals surface area contributed by atoms with Gasteiger partial charge in [0, 0.05) is 30.0 Å². The molecule has 0 unspecified atom stereocenters. The number of nitrogens with zero attached hydrogens (tertiary/aromatic N) is 7. The van der Waals surface area contributed by atoms with E-state index in [1.165, 1.54) is 4.88 Å². The van der Waals surface area contributed by atoms with E-state index < -0.39 is 0 Å². The van der Waals surface area contributed by atoms with Gasteiger partial charge in [-0.25, -0.2) is 4.98 Å². The van der Waals surface area contributed by atoms with E-state index in [0.717, 1.165) is 40.0 Å². The predicted molar refractivity (Wildman–Crippen MR) is 94.7 cm³/mol. The maximum atomic E-state index is 4.74. The van der Waals surface area contributed by atoms with Crippen molar-refractivity contribution in [3.05, 3.63) is 45.8 Å². The molecular formula is C17H17N7S. The molecule has 0 saturated heterocycles. The van der Waals surface area contributed by atoms with Crippen LogP contribution in [0.1, 0.15) is 39.7 Å². The molecule has 1 fully saturated rings. The number of hydrogen-bond donors (Lipinski definition) is 0. The molecule has 0 radical (unpaired) electrons. The standard InChI is InChI=1S/C17H17N7S/c1-9-19-20-17-5-4-13(22-24(9)17)15-7-14(21-23(15)3)11-6-12(11)16-8-18-10(2)25-16/h4-5,7-8,11-12H,6H2,1-3H3/t11-,12-/m0/s1. The van der Waals surface area contributed by atoms with E-state index in [-0.39, 0.29) is 0 Å². The third-order valence-electron chi connectivity index (χ3n) is 4.75. The second-order valence-electron chi connectivity index (χ2n) is 6.54. The first-order chi connectivity index (χ1) is 12.1. The molecule has 4 heterocycles. The van der Waals surface area contributed by atoms with Crippen molar-refractivity contribution in [1.29, 1.82) is 0 Å². The molecule has 0 spiro atoms. The van der Waals surface area contributed by atoms with E-state index in [4.69, 9.17) is 5.10 Å². The van der Waals surface area contributed by atoms with E-state index in [1.54, 1.807) is 15.9 Å². The summed E-state index contributed by atoms with van der Waals surface area (Å²) in [6, 6.07) is 6.07. The lowest BCUT2D eigenvalue weighted by molar-refractivity contribution is 0.742. The van der Waals surface area contributed by atoms with Crippen molar-refractivity contribution in [2.24, 2.45) is 7.05 Å². The van der Waals surface area contributed by atoms with Crippen molar-refractivity contribution in [2.45, 2.75) is 32.1 Å². The van der Waals surface area contributed by atoms with E-state index >= 15 is 0 Å². The summed E-state index contributed by atoms with van der Waals surface area (Å²) in [6.07, 6.45) is 3.16. The SMILES string of the molecule is Cc1ncc([C@H]2C[C@@H]2c2cc(-c3ccc4nnc(C)n4n3)n(C)n2)s1. The molecule has 1 saturated carbocycles. The minimum absolute atomic E-state index is 0.486. The zero-order chi connectivity index (χ0) is 17.1. The van der Waals surface area contributed by atoms with Gasteiger partial charge in [-0.15, -0.1) is 21.5 Å². The van der Waals surface area contributed by atoms with Gasteiger partial charge in [-0.3, -0.25) is 4.68 Å². The first-order valence-corrected chi connectivity index (χ1v) is 9.07. The van der Waals surface area contributed by atoms with Crippen LogP contribution < -0.4 is 0 Å². The average molecular weight is 351 g/mol. The van der Waals surface area contributed by atoms with Crippen LogP contribution in [-0.4, -0.2) is 34.6 Å². The Bertz CT molecular complexity index is 1090. The molecule has 0 amide bonds. The number of thiazole rings is 1. The molecular weight excluding hydrogens is 334 g/mol. The van der Waals surface area contributed by atoms with Crippen molar-refractivity contribution >= 4 is 17.0 Å². The van der Waals surface area contributed by atoms with Gasteiger partial charge in [0.2, 0.25) is 0 Å². The minimum atomic E-state index is 0.486. The summed E-state index contributed by atoms with van der Waals surface area (Å²) in [6.45, 7) is 3.95. The summed E-state index contributed by atoms with van der Waals surface area (Å²) in [7, 11) is 1.97. The van der Waals surface area contributed by atoms with Crippen molar-refractivity contribution in [2.75, 3.05) is 0 Å². The second-order valence-corrected chi connectivity index (χ2v) is 7.81. The summed E-state index contributed by atoms with van der Waals surface area (Å²) >= 11 is 1.79. The van der Waals surface area contributed by atoms with Crippen LogP contribution in [0.2, 0.25) is 0 Å². The third kappa shape index (κ3) is 2.36. The number of aryl methyl sites for hydroxylation is 3. The van der Waals surface area contributed by atoms with Crippen LogP contribution in [0, 0.1) is 13.8 Å². The maximum absolute atomic E-state index is 4.74. The lowest BCUT2D eigenvalue weighted by Crippen LogP contribution is -2.00. The minimum Gasteiger partial charge on any atom is -0.266 e. The Balaban J connectivity index is 1.48. The first kappa shape index (κ1) is 14.7. The van der Waals surface area contributed by atoms with Crippen molar-refractivity contribution in [1.82, 2.24) is 34.6 Å². The number of fused-ring (bicyclic) bond motifs is 1. The van der Waals surface area contributed by atoms with Crippen LogP contribution in [0.25, 0.3) is 17.0 Å². The Morgan fingerprint density at radius 3 is 2.80 bits per heavy atom. The summed E-state index contributed by atoms with van der Waals surface area (Å²) in [5.74, 6) is 1.83. The third-order valence-corrected chi connectivity index (χ3v) is 5.80. The lowest BCUT2D eigenvalue weighted by Gasteiger charge is -2.01. The topological polar surface area (TPSA) is 73.8 Å². The Labute approximate surface area is 148 Å². The highest BCUT2D eigenvalue weighted by Crippen LogP contribution is 2.55. The molecule has 0 aromatic carbocycles. The van der Waals surface area contributed by atoms with E-state index in [2.05, 4.69) is 33.3 Å². The molecule has 1 aliphatic rings. The molecule has 4 aromatic rings. The van der Waals surface area contributed by atoms with Crippen molar-refractivity contribution < 1.29 is 0 Å². The normalized spacial score (nSPS) is 19.6. The molecule has 126 valence electrons. The number of rotatable bonds is 3. The first-order valence-electron chi connectivity index (χ1n) is 8.26. The second kappa shape index (κ2) is 5.19. The van der Waals surface area contributed by atoms with Crippen LogP contribution in [0.5, 0.6) is 0 Å². The highest BCUT2D eigenvalue weighted by atomic mass is 32.1. The van der Waals surface area contributed by atoms with E-state index in [1.807, 2.05) is 37.0 Å². The maximum Gasteiger partial charge on any atom is 0.177 e. The smallest absolute Gasteiger partial charge is 0.177 e. The fraction of sp³-hybridized carbons (Fsp3) is 0.353.